The molecular weight excluding hydrogens is 516 g/mol. The number of aromatic amines is 1. The van der Waals surface area contributed by atoms with Gasteiger partial charge in [-0.1, -0.05) is 97.3 Å². The van der Waals surface area contributed by atoms with E-state index in [9.17, 15) is 0 Å². The molecule has 3 aromatic carbocycles. The van der Waals surface area contributed by atoms with Crippen LogP contribution in [0, 0.1) is 6.92 Å². The largest absolute Gasteiger partial charge is 0.355 e. The van der Waals surface area contributed by atoms with Gasteiger partial charge in [0.25, 0.3) is 0 Å². The zero-order valence-electron chi connectivity index (χ0n) is 24.0. The molecule has 0 unspecified atom stereocenters. The fourth-order valence-electron chi connectivity index (χ4n) is 5.32. The number of fused-ring (bicyclic) bond motifs is 3. The maximum absolute atomic E-state index is 4.01. The van der Waals surface area contributed by atoms with Gasteiger partial charge in [0.1, 0.15) is 0 Å². The zero-order chi connectivity index (χ0) is 28.8. The van der Waals surface area contributed by atoms with E-state index in [0.717, 1.165) is 23.2 Å². The Morgan fingerprint density at radius 3 is 2.49 bits per heavy atom. The van der Waals surface area contributed by atoms with Gasteiger partial charge in [-0.05, 0) is 79.9 Å². The predicted octanol–water partition coefficient (Wildman–Crippen LogP) is 11.5. The number of H-pyrrole nitrogens is 1. The van der Waals surface area contributed by atoms with E-state index in [0.29, 0.717) is 0 Å². The summed E-state index contributed by atoms with van der Waals surface area (Å²) in [6, 6.07) is 19.8. The molecular formula is C38H36N2S. The number of aromatic nitrogens is 1. The molecule has 2 nitrogen and oxygen atoms in total. The van der Waals surface area contributed by atoms with Crippen LogP contribution in [-0.2, 0) is 0 Å². The molecule has 1 N–H and O–H groups in total. The normalized spacial score (nSPS) is 13.9. The zero-order valence-corrected chi connectivity index (χ0v) is 24.8. The highest BCUT2D eigenvalue weighted by Crippen LogP contribution is 2.50. The first-order valence-corrected chi connectivity index (χ1v) is 14.8. The lowest BCUT2D eigenvalue weighted by atomic mass is 9.99. The number of nitrogens with zero attached hydrogens (tertiary/aromatic N) is 1. The fraction of sp³-hybridized carbons (Fsp3) is 0.105. The SMILES string of the molecule is C=CC.C=Cc1ccc2[nH]c(/C=C\C)c(/C=C/c3ccc4c(c3)N(C3=CC=CC=CC3)c3ccccc3S4)c2c1C. The first kappa shape index (κ1) is 28.1. The van der Waals surface area contributed by atoms with E-state index >= 15 is 0 Å². The van der Waals surface area contributed by atoms with Gasteiger partial charge in [-0.3, -0.25) is 0 Å². The van der Waals surface area contributed by atoms with Crippen LogP contribution >= 0.6 is 11.8 Å². The van der Waals surface area contributed by atoms with Crippen molar-refractivity contribution in [2.75, 3.05) is 4.90 Å². The van der Waals surface area contributed by atoms with Crippen LogP contribution < -0.4 is 4.90 Å². The summed E-state index contributed by atoms with van der Waals surface area (Å²) in [5.41, 5.74) is 10.8. The maximum Gasteiger partial charge on any atom is 0.0604 e. The number of allylic oxidation sites excluding steroid dienone is 7. The summed E-state index contributed by atoms with van der Waals surface area (Å²) in [5.74, 6) is 0. The van der Waals surface area contributed by atoms with Crippen LogP contribution in [0.3, 0.4) is 0 Å². The Balaban J connectivity index is 0.00000108. The van der Waals surface area contributed by atoms with Gasteiger partial charge in [0, 0.05) is 44.1 Å². The molecule has 1 aliphatic carbocycles. The van der Waals surface area contributed by atoms with Gasteiger partial charge < -0.3 is 9.88 Å². The molecule has 0 fully saturated rings. The van der Waals surface area contributed by atoms with Crippen LogP contribution in [0.2, 0.25) is 0 Å². The highest BCUT2D eigenvalue weighted by molar-refractivity contribution is 7.99. The second-order valence-electron chi connectivity index (χ2n) is 9.91. The van der Waals surface area contributed by atoms with Crippen molar-refractivity contribution in [1.29, 1.82) is 0 Å². The highest BCUT2D eigenvalue weighted by Gasteiger charge is 2.25. The molecule has 0 saturated carbocycles. The molecule has 0 bridgehead atoms. The number of benzene rings is 3. The molecule has 4 aromatic rings. The first-order valence-electron chi connectivity index (χ1n) is 14.0. The predicted molar refractivity (Wildman–Crippen MR) is 183 cm³/mol. The van der Waals surface area contributed by atoms with Crippen LogP contribution in [0.1, 0.15) is 48.2 Å². The van der Waals surface area contributed by atoms with Crippen LogP contribution in [0.5, 0.6) is 0 Å². The summed E-state index contributed by atoms with van der Waals surface area (Å²) < 4.78 is 0. The van der Waals surface area contributed by atoms with Crippen molar-refractivity contribution >= 4 is 58.3 Å². The lowest BCUT2D eigenvalue weighted by Crippen LogP contribution is -2.20. The minimum Gasteiger partial charge on any atom is -0.355 e. The molecule has 0 saturated heterocycles. The molecule has 0 amide bonds. The smallest absolute Gasteiger partial charge is 0.0604 e. The van der Waals surface area contributed by atoms with Crippen molar-refractivity contribution in [2.45, 2.75) is 37.0 Å². The molecule has 1 aromatic heterocycles. The number of aryl methyl sites for hydroxylation is 1. The van der Waals surface area contributed by atoms with Crippen molar-refractivity contribution < 1.29 is 0 Å². The summed E-state index contributed by atoms with van der Waals surface area (Å²) in [4.78, 5) is 8.59. The third kappa shape index (κ3) is 5.73. The Kier molecular flexibility index (Phi) is 8.76. The summed E-state index contributed by atoms with van der Waals surface area (Å²) in [6.07, 6.45) is 24.1. The van der Waals surface area contributed by atoms with E-state index in [4.69, 9.17) is 0 Å². The molecule has 0 radical (unpaired) electrons. The minimum absolute atomic E-state index is 0.887. The Hall–Kier alpha value is -4.47. The number of anilines is 2. The third-order valence-corrected chi connectivity index (χ3v) is 8.27. The minimum atomic E-state index is 0.887. The van der Waals surface area contributed by atoms with Crippen molar-refractivity contribution in [3.63, 3.8) is 0 Å². The van der Waals surface area contributed by atoms with Gasteiger partial charge in [-0.25, -0.2) is 0 Å². The monoisotopic (exact) mass is 552 g/mol. The van der Waals surface area contributed by atoms with Gasteiger partial charge in [0.2, 0.25) is 0 Å². The molecule has 2 heterocycles. The number of hydrogen-bond acceptors (Lipinski definition) is 2. The summed E-state index contributed by atoms with van der Waals surface area (Å²) in [5, 5.41) is 1.25. The second-order valence-corrected chi connectivity index (χ2v) is 11.0. The average Bonchev–Trinajstić information content (AvgIpc) is 3.13. The Morgan fingerprint density at radius 2 is 1.68 bits per heavy atom. The molecule has 204 valence electrons. The standard InChI is InChI=1S/C35H30N2S.C3H6/c1-4-12-29-28(35-24(3)26(5-2)19-21-30(35)36-29)20-17-25-18-22-34-32(23-25)37(27-13-8-6-7-9-14-27)31-15-10-11-16-33(31)38-34;1-3-2/h4-13,15-23,36H,2,14H2,1,3H3;3H,1H2,2H3/b12-4-,20-17+;. The number of hydrogen-bond donors (Lipinski definition) is 1. The van der Waals surface area contributed by atoms with Crippen molar-refractivity contribution in [1.82, 2.24) is 4.98 Å². The van der Waals surface area contributed by atoms with Gasteiger partial charge >= 0.3 is 0 Å². The summed E-state index contributed by atoms with van der Waals surface area (Å²) in [7, 11) is 0. The van der Waals surface area contributed by atoms with Gasteiger partial charge in [0.05, 0.1) is 11.4 Å². The Bertz CT molecular complexity index is 1760. The molecule has 0 atom stereocenters. The average molecular weight is 553 g/mol. The molecule has 2 aliphatic rings. The first-order chi connectivity index (χ1) is 20.1. The lowest BCUT2D eigenvalue weighted by Gasteiger charge is -2.34. The molecule has 41 heavy (non-hydrogen) atoms. The van der Waals surface area contributed by atoms with E-state index in [1.165, 1.54) is 48.9 Å². The molecule has 1 aliphatic heterocycles. The third-order valence-electron chi connectivity index (χ3n) is 7.14. The topological polar surface area (TPSA) is 19.0 Å². The fourth-order valence-corrected chi connectivity index (χ4v) is 6.35. The van der Waals surface area contributed by atoms with Crippen molar-refractivity contribution in [3.8, 4) is 0 Å². The van der Waals surface area contributed by atoms with Crippen LogP contribution in [0.4, 0.5) is 11.4 Å². The molecule has 6 rings (SSSR count). The van der Waals surface area contributed by atoms with E-state index in [1.807, 2.05) is 24.8 Å². The van der Waals surface area contributed by atoms with Crippen LogP contribution in [-0.4, -0.2) is 4.98 Å². The van der Waals surface area contributed by atoms with E-state index in [1.54, 1.807) is 6.08 Å². The van der Waals surface area contributed by atoms with Gasteiger partial charge in [0.15, 0.2) is 0 Å². The molecule has 0 spiro atoms. The van der Waals surface area contributed by atoms with Crippen molar-refractivity contribution in [2.24, 2.45) is 0 Å². The van der Waals surface area contributed by atoms with Gasteiger partial charge in [-0.2, -0.15) is 0 Å². The summed E-state index contributed by atoms with van der Waals surface area (Å²) in [6.45, 7) is 13.5. The van der Waals surface area contributed by atoms with Crippen LogP contribution in [0.25, 0.3) is 35.2 Å². The van der Waals surface area contributed by atoms with Crippen LogP contribution in [0.15, 0.2) is 126 Å². The van der Waals surface area contributed by atoms with E-state index in [-0.39, 0.29) is 0 Å². The van der Waals surface area contributed by atoms with Gasteiger partial charge in [-0.15, -0.1) is 6.58 Å². The highest BCUT2D eigenvalue weighted by atomic mass is 32.2. The lowest BCUT2D eigenvalue weighted by molar-refractivity contribution is 1.03. The van der Waals surface area contributed by atoms with E-state index in [2.05, 4.69) is 146 Å². The quantitative estimate of drug-likeness (QED) is 0.248. The number of para-hydroxylation sites is 1. The summed E-state index contributed by atoms with van der Waals surface area (Å²) >= 11 is 1.84. The number of rotatable bonds is 5. The number of nitrogens with one attached hydrogen (secondary N) is 1. The molecule has 3 heteroatoms. The Labute approximate surface area is 248 Å². The maximum atomic E-state index is 4.01. The van der Waals surface area contributed by atoms with E-state index < -0.39 is 0 Å². The van der Waals surface area contributed by atoms with Crippen molar-refractivity contribution in [3.05, 3.63) is 144 Å². The second kappa shape index (κ2) is 12.8. The Morgan fingerprint density at radius 1 is 0.878 bits per heavy atom.